The number of nitrogens with zero attached hydrogens (tertiary/aromatic N) is 2. The van der Waals surface area contributed by atoms with Gasteiger partial charge >= 0.3 is 0 Å². The van der Waals surface area contributed by atoms with Crippen LogP contribution in [0.25, 0.3) is 21.6 Å². The SMILES string of the molecule is O=C(c1csc(-c2cc3ccccc3[nH]2)n1)N1CCCC1. The van der Waals surface area contributed by atoms with Crippen molar-refractivity contribution in [2.45, 2.75) is 12.8 Å². The van der Waals surface area contributed by atoms with Crippen molar-refractivity contribution in [3.63, 3.8) is 0 Å². The molecular weight excluding hydrogens is 282 g/mol. The molecule has 3 heterocycles. The highest BCUT2D eigenvalue weighted by Gasteiger charge is 2.22. The lowest BCUT2D eigenvalue weighted by molar-refractivity contribution is 0.0788. The van der Waals surface area contributed by atoms with Crippen molar-refractivity contribution in [1.82, 2.24) is 14.9 Å². The van der Waals surface area contributed by atoms with Crippen molar-refractivity contribution in [2.75, 3.05) is 13.1 Å². The van der Waals surface area contributed by atoms with E-state index < -0.39 is 0 Å². The van der Waals surface area contributed by atoms with Crippen LogP contribution in [0.1, 0.15) is 23.3 Å². The van der Waals surface area contributed by atoms with E-state index in [-0.39, 0.29) is 5.91 Å². The van der Waals surface area contributed by atoms with Gasteiger partial charge in [-0.05, 0) is 25.0 Å². The summed E-state index contributed by atoms with van der Waals surface area (Å²) in [6.07, 6.45) is 2.20. The fraction of sp³-hybridized carbons (Fsp3) is 0.250. The summed E-state index contributed by atoms with van der Waals surface area (Å²) >= 11 is 1.52. The fourth-order valence-corrected chi connectivity index (χ4v) is 3.53. The number of amides is 1. The summed E-state index contributed by atoms with van der Waals surface area (Å²) in [5.74, 6) is 0.0612. The molecule has 4 rings (SSSR count). The van der Waals surface area contributed by atoms with E-state index in [9.17, 15) is 4.79 Å². The number of aromatic nitrogens is 2. The fourth-order valence-electron chi connectivity index (χ4n) is 2.77. The molecule has 1 aromatic carbocycles. The van der Waals surface area contributed by atoms with Crippen molar-refractivity contribution in [3.05, 3.63) is 41.4 Å². The minimum atomic E-state index is 0.0612. The number of aromatic amines is 1. The number of benzene rings is 1. The molecule has 1 aliphatic heterocycles. The number of carbonyl (C=O) groups is 1. The van der Waals surface area contributed by atoms with Crippen molar-refractivity contribution in [2.24, 2.45) is 0 Å². The van der Waals surface area contributed by atoms with E-state index in [2.05, 4.69) is 22.1 Å². The van der Waals surface area contributed by atoms with Gasteiger partial charge in [-0.15, -0.1) is 11.3 Å². The Morgan fingerprint density at radius 3 is 2.86 bits per heavy atom. The lowest BCUT2D eigenvalue weighted by Gasteiger charge is -2.12. The third-order valence-electron chi connectivity index (χ3n) is 3.88. The van der Waals surface area contributed by atoms with Gasteiger partial charge in [-0.25, -0.2) is 4.98 Å². The minimum Gasteiger partial charge on any atom is -0.353 e. The number of para-hydroxylation sites is 1. The molecule has 5 heteroatoms. The van der Waals surface area contributed by atoms with Crippen LogP contribution < -0.4 is 0 Å². The third kappa shape index (κ3) is 2.23. The summed E-state index contributed by atoms with van der Waals surface area (Å²) < 4.78 is 0. The van der Waals surface area contributed by atoms with Gasteiger partial charge in [0.2, 0.25) is 0 Å². The Kier molecular flexibility index (Phi) is 3.00. The summed E-state index contributed by atoms with van der Waals surface area (Å²) in [5.41, 5.74) is 2.63. The second-order valence-electron chi connectivity index (χ2n) is 5.31. The lowest BCUT2D eigenvalue weighted by atomic mass is 10.2. The summed E-state index contributed by atoms with van der Waals surface area (Å²) in [6.45, 7) is 1.72. The van der Waals surface area contributed by atoms with Gasteiger partial charge in [0.1, 0.15) is 10.7 Å². The van der Waals surface area contributed by atoms with Crippen molar-refractivity contribution >= 4 is 28.1 Å². The second kappa shape index (κ2) is 5.00. The molecule has 1 N–H and O–H groups in total. The molecule has 0 bridgehead atoms. The van der Waals surface area contributed by atoms with Crippen LogP contribution in [0.3, 0.4) is 0 Å². The predicted octanol–water partition coefficient (Wildman–Crippen LogP) is 3.53. The topological polar surface area (TPSA) is 49.0 Å². The highest BCUT2D eigenvalue weighted by Crippen LogP contribution is 2.27. The summed E-state index contributed by atoms with van der Waals surface area (Å²) in [5, 5.41) is 3.89. The van der Waals surface area contributed by atoms with Crippen LogP contribution in [0, 0.1) is 0 Å². The average molecular weight is 297 g/mol. The maximum atomic E-state index is 12.3. The Hall–Kier alpha value is -2.14. The van der Waals surface area contributed by atoms with Gasteiger partial charge in [0.05, 0.1) is 5.69 Å². The standard InChI is InChI=1S/C16H15N3OS/c20-16(19-7-3-4-8-19)14-10-21-15(18-14)13-9-11-5-1-2-6-12(11)17-13/h1-2,5-6,9-10,17H,3-4,7-8H2. The first-order valence-corrected chi connectivity index (χ1v) is 8.02. The lowest BCUT2D eigenvalue weighted by Crippen LogP contribution is -2.27. The minimum absolute atomic E-state index is 0.0612. The largest absolute Gasteiger partial charge is 0.353 e. The van der Waals surface area contributed by atoms with Gasteiger partial charge in [0.25, 0.3) is 5.91 Å². The number of H-pyrrole nitrogens is 1. The summed E-state index contributed by atoms with van der Waals surface area (Å²) in [7, 11) is 0. The molecule has 1 saturated heterocycles. The number of fused-ring (bicyclic) bond motifs is 1. The van der Waals surface area contributed by atoms with E-state index in [1.807, 2.05) is 28.5 Å². The number of hydrogen-bond donors (Lipinski definition) is 1. The van der Waals surface area contributed by atoms with Gasteiger partial charge in [-0.1, -0.05) is 18.2 Å². The van der Waals surface area contributed by atoms with Crippen LogP contribution >= 0.6 is 11.3 Å². The van der Waals surface area contributed by atoms with E-state index in [4.69, 9.17) is 0 Å². The molecule has 3 aromatic rings. The molecule has 21 heavy (non-hydrogen) atoms. The second-order valence-corrected chi connectivity index (χ2v) is 6.17. The first-order chi connectivity index (χ1) is 10.3. The Labute approximate surface area is 126 Å². The van der Waals surface area contributed by atoms with Gasteiger partial charge < -0.3 is 9.88 Å². The number of carbonyl (C=O) groups excluding carboxylic acids is 1. The number of thiazole rings is 1. The van der Waals surface area contributed by atoms with E-state index in [1.54, 1.807) is 0 Å². The molecule has 0 saturated carbocycles. The molecule has 4 nitrogen and oxygen atoms in total. The van der Waals surface area contributed by atoms with Crippen LogP contribution in [0.4, 0.5) is 0 Å². The average Bonchev–Trinajstić information content (AvgIpc) is 3.24. The zero-order valence-electron chi connectivity index (χ0n) is 11.5. The van der Waals surface area contributed by atoms with Gasteiger partial charge in [-0.2, -0.15) is 0 Å². The predicted molar refractivity (Wildman–Crippen MR) is 84.5 cm³/mol. The van der Waals surface area contributed by atoms with E-state index >= 15 is 0 Å². The van der Waals surface area contributed by atoms with Crippen LogP contribution in [-0.4, -0.2) is 33.9 Å². The molecule has 2 aromatic heterocycles. The summed E-state index contributed by atoms with van der Waals surface area (Å²) in [4.78, 5) is 22.1. The smallest absolute Gasteiger partial charge is 0.273 e. The quantitative estimate of drug-likeness (QED) is 0.786. The molecule has 0 atom stereocenters. The maximum Gasteiger partial charge on any atom is 0.273 e. The van der Waals surface area contributed by atoms with Gasteiger partial charge in [0.15, 0.2) is 0 Å². The zero-order chi connectivity index (χ0) is 14.2. The number of rotatable bonds is 2. The third-order valence-corrected chi connectivity index (χ3v) is 4.75. The molecule has 0 unspecified atom stereocenters. The highest BCUT2D eigenvalue weighted by atomic mass is 32.1. The molecule has 0 aliphatic carbocycles. The molecule has 0 spiro atoms. The molecule has 106 valence electrons. The normalized spacial score (nSPS) is 15.0. The monoisotopic (exact) mass is 297 g/mol. The van der Waals surface area contributed by atoms with Crippen LogP contribution in [0.5, 0.6) is 0 Å². The first-order valence-electron chi connectivity index (χ1n) is 7.14. The Morgan fingerprint density at radius 1 is 1.24 bits per heavy atom. The Bertz CT molecular complexity index is 766. The van der Waals surface area contributed by atoms with Crippen molar-refractivity contribution < 1.29 is 4.79 Å². The van der Waals surface area contributed by atoms with Gasteiger partial charge in [0, 0.05) is 29.4 Å². The Morgan fingerprint density at radius 2 is 2.05 bits per heavy atom. The zero-order valence-corrected chi connectivity index (χ0v) is 12.3. The number of nitrogens with one attached hydrogen (secondary N) is 1. The van der Waals surface area contributed by atoms with Crippen LogP contribution in [0.15, 0.2) is 35.7 Å². The van der Waals surface area contributed by atoms with Crippen LogP contribution in [0.2, 0.25) is 0 Å². The molecule has 1 fully saturated rings. The first kappa shape index (κ1) is 12.6. The highest BCUT2D eigenvalue weighted by molar-refractivity contribution is 7.13. The molecule has 1 amide bonds. The summed E-state index contributed by atoms with van der Waals surface area (Å²) in [6, 6.07) is 10.2. The van der Waals surface area contributed by atoms with E-state index in [1.165, 1.54) is 11.3 Å². The van der Waals surface area contributed by atoms with Crippen LogP contribution in [-0.2, 0) is 0 Å². The van der Waals surface area contributed by atoms with Crippen molar-refractivity contribution in [1.29, 1.82) is 0 Å². The Balaban J connectivity index is 1.65. The number of hydrogen-bond acceptors (Lipinski definition) is 3. The van der Waals surface area contributed by atoms with E-state index in [0.717, 1.165) is 47.5 Å². The van der Waals surface area contributed by atoms with Crippen molar-refractivity contribution in [3.8, 4) is 10.7 Å². The molecule has 0 radical (unpaired) electrons. The molecular formula is C16H15N3OS. The van der Waals surface area contributed by atoms with Gasteiger partial charge in [-0.3, -0.25) is 4.79 Å². The number of likely N-dealkylation sites (tertiary alicyclic amines) is 1. The molecule has 1 aliphatic rings. The van der Waals surface area contributed by atoms with E-state index in [0.29, 0.717) is 5.69 Å². The maximum absolute atomic E-state index is 12.3.